The van der Waals surface area contributed by atoms with Crippen LogP contribution in [-0.2, 0) is 4.74 Å². The normalized spacial score (nSPS) is 30.1. The highest BCUT2D eigenvalue weighted by Crippen LogP contribution is 2.27. The lowest BCUT2D eigenvalue weighted by Gasteiger charge is -1.91. The van der Waals surface area contributed by atoms with E-state index in [4.69, 9.17) is 4.74 Å². The van der Waals surface area contributed by atoms with Crippen LogP contribution in [0, 0.1) is 0 Å². The number of epoxide rings is 1. The van der Waals surface area contributed by atoms with Gasteiger partial charge in [0, 0.05) is 0 Å². The third-order valence-corrected chi connectivity index (χ3v) is 1.95. The van der Waals surface area contributed by atoms with Crippen LogP contribution in [-0.4, -0.2) is 12.2 Å². The Morgan fingerprint density at radius 2 is 2.30 bits per heavy atom. The zero-order valence-electron chi connectivity index (χ0n) is 6.68. The molecule has 1 heterocycles. The molecule has 0 aromatic carbocycles. The van der Waals surface area contributed by atoms with E-state index >= 15 is 0 Å². The van der Waals surface area contributed by atoms with Crippen LogP contribution in [0.5, 0.6) is 0 Å². The number of hydrogen-bond donors (Lipinski definition) is 0. The van der Waals surface area contributed by atoms with Crippen molar-refractivity contribution < 1.29 is 4.74 Å². The van der Waals surface area contributed by atoms with Gasteiger partial charge in [-0.05, 0) is 6.42 Å². The van der Waals surface area contributed by atoms with E-state index in [0.29, 0.717) is 12.2 Å². The second kappa shape index (κ2) is 3.77. The van der Waals surface area contributed by atoms with Gasteiger partial charge in [0.05, 0.1) is 6.10 Å². The SMILES string of the molecule is C=C[C@@H]1O[C@H]1CCCCC. The number of ether oxygens (including phenoxy) is 1. The van der Waals surface area contributed by atoms with Crippen LogP contribution in [0.15, 0.2) is 12.7 Å². The predicted molar refractivity (Wildman–Crippen MR) is 43.0 cm³/mol. The number of unbranched alkanes of at least 4 members (excludes halogenated alkanes) is 2. The van der Waals surface area contributed by atoms with E-state index in [1.807, 2.05) is 6.08 Å². The van der Waals surface area contributed by atoms with E-state index < -0.39 is 0 Å². The average molecular weight is 140 g/mol. The molecule has 10 heavy (non-hydrogen) atoms. The van der Waals surface area contributed by atoms with Crippen molar-refractivity contribution in [3.63, 3.8) is 0 Å². The van der Waals surface area contributed by atoms with Crippen molar-refractivity contribution in [3.05, 3.63) is 12.7 Å². The molecule has 0 radical (unpaired) electrons. The molecule has 1 rings (SSSR count). The number of rotatable bonds is 5. The molecule has 2 atom stereocenters. The molecule has 1 aliphatic heterocycles. The van der Waals surface area contributed by atoms with Gasteiger partial charge in [-0.15, -0.1) is 6.58 Å². The summed E-state index contributed by atoms with van der Waals surface area (Å²) in [6, 6.07) is 0. The molecule has 0 N–H and O–H groups in total. The molecule has 0 bridgehead atoms. The van der Waals surface area contributed by atoms with Crippen molar-refractivity contribution in [2.24, 2.45) is 0 Å². The fourth-order valence-corrected chi connectivity index (χ4v) is 1.19. The lowest BCUT2D eigenvalue weighted by atomic mass is 10.1. The summed E-state index contributed by atoms with van der Waals surface area (Å²) in [6.07, 6.45) is 7.97. The summed E-state index contributed by atoms with van der Waals surface area (Å²) in [4.78, 5) is 0. The van der Waals surface area contributed by atoms with E-state index in [0.717, 1.165) is 0 Å². The topological polar surface area (TPSA) is 12.5 Å². The Balaban J connectivity index is 1.91. The van der Waals surface area contributed by atoms with Gasteiger partial charge in [0.1, 0.15) is 6.10 Å². The molecule has 1 saturated heterocycles. The largest absolute Gasteiger partial charge is 0.365 e. The lowest BCUT2D eigenvalue weighted by molar-refractivity contribution is 0.373. The van der Waals surface area contributed by atoms with Crippen LogP contribution in [0.25, 0.3) is 0 Å². The van der Waals surface area contributed by atoms with Gasteiger partial charge < -0.3 is 4.74 Å². The van der Waals surface area contributed by atoms with Crippen molar-refractivity contribution in [2.45, 2.75) is 44.8 Å². The molecule has 0 aromatic rings. The molecule has 0 aromatic heterocycles. The van der Waals surface area contributed by atoms with E-state index in [1.54, 1.807) is 0 Å². The van der Waals surface area contributed by atoms with Gasteiger partial charge in [0.25, 0.3) is 0 Å². The minimum absolute atomic E-state index is 0.386. The van der Waals surface area contributed by atoms with Crippen molar-refractivity contribution in [1.82, 2.24) is 0 Å². The Hall–Kier alpha value is -0.300. The van der Waals surface area contributed by atoms with Gasteiger partial charge in [-0.1, -0.05) is 32.3 Å². The molecule has 58 valence electrons. The van der Waals surface area contributed by atoms with Crippen LogP contribution in [0.4, 0.5) is 0 Å². The van der Waals surface area contributed by atoms with E-state index in [-0.39, 0.29) is 0 Å². The van der Waals surface area contributed by atoms with E-state index in [9.17, 15) is 0 Å². The average Bonchev–Trinajstić information content (AvgIpc) is 2.68. The quantitative estimate of drug-likeness (QED) is 0.325. The summed E-state index contributed by atoms with van der Waals surface area (Å²) in [7, 11) is 0. The third kappa shape index (κ3) is 2.14. The molecule has 1 heteroatoms. The highest BCUT2D eigenvalue weighted by Gasteiger charge is 2.34. The Morgan fingerprint density at radius 1 is 1.50 bits per heavy atom. The first-order chi connectivity index (χ1) is 4.88. The van der Waals surface area contributed by atoms with Crippen LogP contribution in [0.1, 0.15) is 32.6 Å². The van der Waals surface area contributed by atoms with Crippen LogP contribution < -0.4 is 0 Å². The summed E-state index contributed by atoms with van der Waals surface area (Å²) >= 11 is 0. The Bertz CT molecular complexity index is 109. The molecule has 0 unspecified atom stereocenters. The molecule has 1 nitrogen and oxygen atoms in total. The van der Waals surface area contributed by atoms with Crippen molar-refractivity contribution in [3.8, 4) is 0 Å². The van der Waals surface area contributed by atoms with Gasteiger partial charge >= 0.3 is 0 Å². The molecule has 1 fully saturated rings. The van der Waals surface area contributed by atoms with Crippen LogP contribution >= 0.6 is 0 Å². The second-order valence-electron chi connectivity index (χ2n) is 2.87. The lowest BCUT2D eigenvalue weighted by Crippen LogP contribution is -1.89. The van der Waals surface area contributed by atoms with E-state index in [1.165, 1.54) is 25.7 Å². The fourth-order valence-electron chi connectivity index (χ4n) is 1.19. The standard InChI is InChI=1S/C9H16O/c1-3-5-6-7-9-8(4-2)10-9/h4,8-9H,2-3,5-7H2,1H3/t8-,9-/m0/s1. The van der Waals surface area contributed by atoms with Crippen molar-refractivity contribution in [2.75, 3.05) is 0 Å². The first kappa shape index (κ1) is 7.80. The first-order valence-corrected chi connectivity index (χ1v) is 4.16. The molecule has 1 aliphatic rings. The second-order valence-corrected chi connectivity index (χ2v) is 2.87. The third-order valence-electron chi connectivity index (χ3n) is 1.95. The van der Waals surface area contributed by atoms with Gasteiger partial charge in [-0.25, -0.2) is 0 Å². The fraction of sp³-hybridized carbons (Fsp3) is 0.778. The monoisotopic (exact) mass is 140 g/mol. The summed E-state index contributed by atoms with van der Waals surface area (Å²) in [6.45, 7) is 5.90. The van der Waals surface area contributed by atoms with Gasteiger partial charge in [-0.2, -0.15) is 0 Å². The molecular formula is C9H16O. The molecule has 0 aliphatic carbocycles. The molecular weight excluding hydrogens is 124 g/mol. The van der Waals surface area contributed by atoms with Crippen molar-refractivity contribution >= 4 is 0 Å². The molecule has 0 spiro atoms. The maximum absolute atomic E-state index is 5.29. The van der Waals surface area contributed by atoms with Crippen LogP contribution in [0.2, 0.25) is 0 Å². The maximum atomic E-state index is 5.29. The smallest absolute Gasteiger partial charge is 0.102 e. The summed E-state index contributed by atoms with van der Waals surface area (Å²) in [5, 5.41) is 0. The minimum Gasteiger partial charge on any atom is -0.365 e. The Labute approximate surface area is 63.1 Å². The summed E-state index contributed by atoms with van der Waals surface area (Å²) in [5.41, 5.74) is 0. The molecule has 0 saturated carbocycles. The highest BCUT2D eigenvalue weighted by molar-refractivity contribution is 4.97. The summed E-state index contributed by atoms with van der Waals surface area (Å²) < 4.78 is 5.29. The minimum atomic E-state index is 0.386. The zero-order chi connectivity index (χ0) is 7.40. The predicted octanol–water partition coefficient (Wildman–Crippen LogP) is 2.52. The van der Waals surface area contributed by atoms with Crippen molar-refractivity contribution in [1.29, 1.82) is 0 Å². The number of hydrogen-bond acceptors (Lipinski definition) is 1. The Morgan fingerprint density at radius 3 is 2.80 bits per heavy atom. The summed E-state index contributed by atoms with van der Waals surface area (Å²) in [5.74, 6) is 0. The maximum Gasteiger partial charge on any atom is 0.102 e. The Kier molecular flexibility index (Phi) is 2.94. The molecule has 0 amide bonds. The highest BCUT2D eigenvalue weighted by atomic mass is 16.6. The van der Waals surface area contributed by atoms with Gasteiger partial charge in [0.2, 0.25) is 0 Å². The zero-order valence-corrected chi connectivity index (χ0v) is 6.68. The van der Waals surface area contributed by atoms with Crippen LogP contribution in [0.3, 0.4) is 0 Å². The van der Waals surface area contributed by atoms with Gasteiger partial charge in [-0.3, -0.25) is 0 Å². The van der Waals surface area contributed by atoms with Gasteiger partial charge in [0.15, 0.2) is 0 Å². The first-order valence-electron chi connectivity index (χ1n) is 4.16. The van der Waals surface area contributed by atoms with E-state index in [2.05, 4.69) is 13.5 Å².